The van der Waals surface area contributed by atoms with Crippen molar-refractivity contribution in [2.75, 3.05) is 0 Å². The van der Waals surface area contributed by atoms with Crippen LogP contribution in [-0.2, 0) is 9.80 Å². The number of esters is 1. The van der Waals surface area contributed by atoms with E-state index in [9.17, 15) is 4.79 Å². The molecule has 0 amide bonds. The number of fused-ring (bicyclic) bond motifs is 1. The first-order valence-electron chi connectivity index (χ1n) is 5.49. The second-order valence-corrected chi connectivity index (χ2v) is 5.53. The molecule has 0 N–H and O–H groups in total. The number of carbonyl (C=O) groups excluding carboxylic acids is 1. The Balaban J connectivity index is 2.23. The van der Waals surface area contributed by atoms with Gasteiger partial charge in [-0.25, -0.2) is 4.79 Å². The molecule has 2 aromatic rings. The zero-order chi connectivity index (χ0) is 13.6. The Morgan fingerprint density at radius 2 is 1.74 bits per heavy atom. The number of cyclic esters (lactones) is 1. The Morgan fingerprint density at radius 1 is 1.00 bits per heavy atom. The number of alkyl halides is 1. The van der Waals surface area contributed by atoms with Gasteiger partial charge < -0.3 is 4.74 Å². The van der Waals surface area contributed by atoms with Crippen LogP contribution in [0.1, 0.15) is 21.5 Å². The molecule has 2 nitrogen and oxygen atoms in total. The van der Waals surface area contributed by atoms with Crippen molar-refractivity contribution >= 4 is 40.8 Å². The molecule has 0 saturated heterocycles. The van der Waals surface area contributed by atoms with Gasteiger partial charge in [-0.3, -0.25) is 0 Å². The van der Waals surface area contributed by atoms with Crippen LogP contribution in [0, 0.1) is 0 Å². The Labute approximate surface area is 124 Å². The molecule has 19 heavy (non-hydrogen) atoms. The van der Waals surface area contributed by atoms with Crippen LogP contribution in [0.4, 0.5) is 0 Å². The van der Waals surface area contributed by atoms with Gasteiger partial charge in [0.2, 0.25) is 5.06 Å². The standard InChI is InChI=1S/C14H7Cl3O2/c15-8-5-6-11(12(16)7-8)14(17)10-4-2-1-3-9(10)13(18)19-14/h1-7H. The fourth-order valence-electron chi connectivity index (χ4n) is 2.13. The number of ether oxygens (including phenoxy) is 1. The third kappa shape index (κ3) is 1.91. The molecule has 0 aliphatic carbocycles. The summed E-state index contributed by atoms with van der Waals surface area (Å²) in [6, 6.07) is 11.9. The molecule has 0 radical (unpaired) electrons. The molecule has 1 heterocycles. The minimum atomic E-state index is -1.39. The van der Waals surface area contributed by atoms with Crippen molar-refractivity contribution in [1.82, 2.24) is 0 Å². The summed E-state index contributed by atoms with van der Waals surface area (Å²) < 4.78 is 5.32. The summed E-state index contributed by atoms with van der Waals surface area (Å²) in [7, 11) is 0. The third-order valence-electron chi connectivity index (χ3n) is 3.00. The quantitative estimate of drug-likeness (QED) is 0.568. The molecular weight excluding hydrogens is 307 g/mol. The highest BCUT2D eigenvalue weighted by Crippen LogP contribution is 2.47. The molecule has 0 fully saturated rings. The van der Waals surface area contributed by atoms with Crippen molar-refractivity contribution < 1.29 is 9.53 Å². The van der Waals surface area contributed by atoms with Gasteiger partial charge in [-0.2, -0.15) is 0 Å². The minimum Gasteiger partial charge on any atom is -0.431 e. The first-order valence-corrected chi connectivity index (χ1v) is 6.63. The predicted octanol–water partition coefficient (Wildman–Crippen LogP) is 4.60. The summed E-state index contributed by atoms with van der Waals surface area (Å²) in [4.78, 5) is 11.9. The molecule has 5 heteroatoms. The van der Waals surface area contributed by atoms with Gasteiger partial charge in [-0.15, -0.1) is 0 Å². The average molecular weight is 314 g/mol. The van der Waals surface area contributed by atoms with E-state index in [2.05, 4.69) is 0 Å². The lowest BCUT2D eigenvalue weighted by Crippen LogP contribution is -2.20. The maximum absolute atomic E-state index is 11.9. The van der Waals surface area contributed by atoms with Crippen molar-refractivity contribution in [3.8, 4) is 0 Å². The molecule has 2 aromatic carbocycles. The van der Waals surface area contributed by atoms with Gasteiger partial charge in [0.15, 0.2) is 0 Å². The van der Waals surface area contributed by atoms with Crippen molar-refractivity contribution in [2.24, 2.45) is 0 Å². The van der Waals surface area contributed by atoms with Crippen LogP contribution in [-0.4, -0.2) is 5.97 Å². The molecule has 0 saturated carbocycles. The lowest BCUT2D eigenvalue weighted by atomic mass is 9.98. The van der Waals surface area contributed by atoms with E-state index >= 15 is 0 Å². The van der Waals surface area contributed by atoms with Crippen LogP contribution >= 0.6 is 34.8 Å². The van der Waals surface area contributed by atoms with Crippen LogP contribution in [0.3, 0.4) is 0 Å². The molecule has 0 bridgehead atoms. The van der Waals surface area contributed by atoms with Crippen LogP contribution in [0.25, 0.3) is 0 Å². The molecule has 3 rings (SSSR count). The van der Waals surface area contributed by atoms with Crippen molar-refractivity contribution in [2.45, 2.75) is 5.06 Å². The molecule has 96 valence electrons. The van der Waals surface area contributed by atoms with Crippen LogP contribution < -0.4 is 0 Å². The smallest absolute Gasteiger partial charge is 0.340 e. The van der Waals surface area contributed by atoms with E-state index < -0.39 is 11.0 Å². The molecule has 1 aliphatic rings. The largest absolute Gasteiger partial charge is 0.431 e. The number of rotatable bonds is 1. The number of halogens is 3. The van der Waals surface area contributed by atoms with Crippen molar-refractivity contribution in [1.29, 1.82) is 0 Å². The summed E-state index contributed by atoms with van der Waals surface area (Å²) in [6.07, 6.45) is 0. The average Bonchev–Trinajstić information content (AvgIpc) is 2.63. The monoisotopic (exact) mass is 312 g/mol. The van der Waals surface area contributed by atoms with Gasteiger partial charge in [0.1, 0.15) is 0 Å². The molecule has 0 aromatic heterocycles. The van der Waals surface area contributed by atoms with Gasteiger partial charge in [0, 0.05) is 16.1 Å². The molecule has 1 aliphatic heterocycles. The normalized spacial score (nSPS) is 21.1. The van der Waals surface area contributed by atoms with Crippen molar-refractivity contribution in [3.05, 3.63) is 69.2 Å². The number of hydrogen-bond donors (Lipinski definition) is 0. The second kappa shape index (κ2) is 4.41. The Kier molecular flexibility index (Phi) is 2.97. The summed E-state index contributed by atoms with van der Waals surface area (Å²) in [5.74, 6) is -0.461. The van der Waals surface area contributed by atoms with Crippen LogP contribution in [0.5, 0.6) is 0 Å². The van der Waals surface area contributed by atoms with E-state index in [4.69, 9.17) is 39.5 Å². The minimum absolute atomic E-state index is 0.354. The summed E-state index contributed by atoms with van der Waals surface area (Å²) in [5.41, 5.74) is 1.54. The fourth-order valence-corrected chi connectivity index (χ4v) is 3.12. The third-order valence-corrected chi connectivity index (χ3v) is 4.04. The van der Waals surface area contributed by atoms with E-state index in [1.165, 1.54) is 0 Å². The van der Waals surface area contributed by atoms with Gasteiger partial charge in [-0.05, 0) is 18.2 Å². The summed E-state index contributed by atoms with van der Waals surface area (Å²) in [6.45, 7) is 0. The zero-order valence-corrected chi connectivity index (χ0v) is 11.8. The Morgan fingerprint density at radius 3 is 2.47 bits per heavy atom. The van der Waals surface area contributed by atoms with E-state index in [-0.39, 0.29) is 0 Å². The van der Waals surface area contributed by atoms with E-state index in [0.717, 1.165) is 0 Å². The SMILES string of the molecule is O=C1OC(Cl)(c2ccc(Cl)cc2Cl)c2ccccc21. The first kappa shape index (κ1) is 12.8. The highest BCUT2D eigenvalue weighted by atomic mass is 35.5. The maximum Gasteiger partial charge on any atom is 0.340 e. The van der Waals surface area contributed by atoms with E-state index in [1.807, 2.05) is 0 Å². The first-order chi connectivity index (χ1) is 9.02. The topological polar surface area (TPSA) is 26.3 Å². The Hall–Kier alpha value is -1.22. The molecule has 0 spiro atoms. The highest BCUT2D eigenvalue weighted by molar-refractivity contribution is 6.36. The van der Waals surface area contributed by atoms with Gasteiger partial charge in [0.25, 0.3) is 0 Å². The molecule has 1 atom stereocenters. The molecule has 1 unspecified atom stereocenters. The summed E-state index contributed by atoms with van der Waals surface area (Å²) in [5, 5.41) is -0.548. The molecular formula is C14H7Cl3O2. The van der Waals surface area contributed by atoms with E-state index in [1.54, 1.807) is 42.5 Å². The van der Waals surface area contributed by atoms with Crippen molar-refractivity contribution in [3.63, 3.8) is 0 Å². The lowest BCUT2D eigenvalue weighted by Gasteiger charge is -2.23. The van der Waals surface area contributed by atoms with Crippen LogP contribution in [0.2, 0.25) is 10.0 Å². The second-order valence-electron chi connectivity index (χ2n) is 4.15. The van der Waals surface area contributed by atoms with Gasteiger partial charge >= 0.3 is 5.97 Å². The summed E-state index contributed by atoms with van der Waals surface area (Å²) >= 11 is 18.5. The fraction of sp³-hybridized carbons (Fsp3) is 0.0714. The van der Waals surface area contributed by atoms with Gasteiger partial charge in [-0.1, -0.05) is 59.1 Å². The van der Waals surface area contributed by atoms with Gasteiger partial charge in [0.05, 0.1) is 10.6 Å². The number of benzene rings is 2. The predicted molar refractivity (Wildman–Crippen MR) is 75.0 cm³/mol. The van der Waals surface area contributed by atoms with E-state index in [0.29, 0.717) is 26.7 Å². The highest BCUT2D eigenvalue weighted by Gasteiger charge is 2.46. The number of hydrogen-bond acceptors (Lipinski definition) is 2. The lowest BCUT2D eigenvalue weighted by molar-refractivity contribution is 0.0366. The Bertz CT molecular complexity index is 684. The zero-order valence-electron chi connectivity index (χ0n) is 9.49. The number of carbonyl (C=O) groups is 1. The van der Waals surface area contributed by atoms with Crippen LogP contribution in [0.15, 0.2) is 42.5 Å². The maximum atomic E-state index is 11.9.